The normalized spacial score (nSPS) is 15.4. The average molecular weight is 820 g/mol. The standard InChI is InChI=1S/C12H23O7P.C7H14ClO4P.C6H12O3.CH3Cl2OP.CH4/c1-6-16-11(13)9(3)8-18-20(5,15)19-10(4)12(14)17-7-2;1-4-11-7(9)6(2)5-12-13(3,8)10;1-3-9-6(8)5(2)4-7;1-5(2,3)4;/h9-10H,6-8H2,1-5H3;6H,4-5H2,1-3H3;5,7H,3-4H2,1-2H3;1H3;1H4. The largest absolute Gasteiger partial charge is 0.466 e. The Kier molecular flexibility index (Phi) is 36.6. The lowest BCUT2D eigenvalue weighted by molar-refractivity contribution is -0.152. The molecule has 0 aromatic heterocycles. The Balaban J connectivity index is -0.000000189. The van der Waals surface area contributed by atoms with Crippen LogP contribution in [0.25, 0.3) is 0 Å². The molecule has 6 unspecified atom stereocenters. The molecule has 6 atom stereocenters. The highest BCUT2D eigenvalue weighted by molar-refractivity contribution is 8.08. The fourth-order valence-electron chi connectivity index (χ4n) is 2.18. The van der Waals surface area contributed by atoms with Crippen molar-refractivity contribution in [2.45, 2.75) is 68.9 Å². The van der Waals surface area contributed by atoms with Crippen molar-refractivity contribution in [3.8, 4) is 0 Å². The highest BCUT2D eigenvalue weighted by Crippen LogP contribution is 2.52. The van der Waals surface area contributed by atoms with E-state index in [0.717, 1.165) is 0 Å². The summed E-state index contributed by atoms with van der Waals surface area (Å²) in [5.41, 5.74) is 0. The lowest BCUT2D eigenvalue weighted by atomic mass is 10.2. The Morgan fingerprint density at radius 1 is 0.604 bits per heavy atom. The number of carbonyl (C=O) groups excluding carboxylic acids is 4. The molecule has 0 aromatic carbocycles. The van der Waals surface area contributed by atoms with E-state index in [9.17, 15) is 32.9 Å². The highest BCUT2D eigenvalue weighted by atomic mass is 35.9. The summed E-state index contributed by atoms with van der Waals surface area (Å²) in [4.78, 5) is 44.3. The molecule has 0 heterocycles. The fourth-order valence-corrected chi connectivity index (χ4v) is 4.05. The minimum Gasteiger partial charge on any atom is -0.466 e. The van der Waals surface area contributed by atoms with Crippen LogP contribution in [-0.4, -0.2) is 101 Å². The van der Waals surface area contributed by atoms with Crippen LogP contribution >= 0.6 is 53.9 Å². The molecule has 0 aliphatic heterocycles. The second-order valence-electron chi connectivity index (χ2n) is 9.47. The Labute approximate surface area is 300 Å². The molecule has 0 saturated carbocycles. The summed E-state index contributed by atoms with van der Waals surface area (Å²) >= 11 is 15.0. The van der Waals surface area contributed by atoms with Crippen molar-refractivity contribution in [2.75, 3.05) is 66.2 Å². The maximum absolute atomic E-state index is 12.0. The molecule has 290 valence electrons. The third kappa shape index (κ3) is 41.5. The van der Waals surface area contributed by atoms with Crippen LogP contribution in [0.3, 0.4) is 0 Å². The van der Waals surface area contributed by atoms with E-state index in [0.29, 0.717) is 13.2 Å². The molecule has 0 amide bonds. The number of carbonyl (C=O) groups is 4. The van der Waals surface area contributed by atoms with Crippen LogP contribution in [0, 0.1) is 17.8 Å². The molecule has 21 heteroatoms. The number of ether oxygens (including phenoxy) is 4. The van der Waals surface area contributed by atoms with Crippen LogP contribution in [0.4, 0.5) is 0 Å². The van der Waals surface area contributed by atoms with Crippen molar-refractivity contribution >= 4 is 77.8 Å². The zero-order chi connectivity index (χ0) is 38.0. The van der Waals surface area contributed by atoms with Crippen molar-refractivity contribution < 1.29 is 70.5 Å². The fraction of sp³-hybridized carbons (Fsp3) is 0.852. The first kappa shape index (κ1) is 56.6. The van der Waals surface area contributed by atoms with Crippen molar-refractivity contribution in [3.63, 3.8) is 0 Å². The van der Waals surface area contributed by atoms with Crippen LogP contribution in [0.5, 0.6) is 0 Å². The molecule has 0 saturated heterocycles. The lowest BCUT2D eigenvalue weighted by Crippen LogP contribution is -2.24. The second kappa shape index (κ2) is 31.1. The molecule has 0 spiro atoms. The predicted octanol–water partition coefficient (Wildman–Crippen LogP) is 7.36. The first-order valence-electron chi connectivity index (χ1n) is 14.4. The van der Waals surface area contributed by atoms with Crippen molar-refractivity contribution in [2.24, 2.45) is 17.8 Å². The van der Waals surface area contributed by atoms with E-state index in [1.165, 1.54) is 26.9 Å². The van der Waals surface area contributed by atoms with Gasteiger partial charge in [-0.15, -0.1) is 0 Å². The first-order valence-corrected chi connectivity index (χ1v) is 23.3. The SMILES string of the molecule is C.CCOC(=O)C(C)CO.CCOC(=O)C(C)COP(C)(=O)Cl.CCOC(=O)C(C)COP(C)(=O)OC(C)C(=O)OCC.CP(=O)(Cl)Cl. The third-order valence-corrected chi connectivity index (χ3v) is 6.64. The maximum Gasteiger partial charge on any atom is 0.335 e. The quantitative estimate of drug-likeness (QED) is 0.0865. The Morgan fingerprint density at radius 2 is 0.896 bits per heavy atom. The van der Waals surface area contributed by atoms with E-state index in [1.807, 2.05) is 0 Å². The summed E-state index contributed by atoms with van der Waals surface area (Å²) in [7, 11) is -3.45. The van der Waals surface area contributed by atoms with Crippen molar-refractivity contribution in [1.29, 1.82) is 0 Å². The molecule has 0 rings (SSSR count). The van der Waals surface area contributed by atoms with Gasteiger partial charge in [0.05, 0.1) is 64.0 Å². The summed E-state index contributed by atoms with van der Waals surface area (Å²) in [6.45, 7) is 14.8. The topological polar surface area (TPSA) is 204 Å². The van der Waals surface area contributed by atoms with E-state index in [-0.39, 0.29) is 58.3 Å². The minimum atomic E-state index is -3.45. The van der Waals surface area contributed by atoms with Gasteiger partial charge in [-0.1, -0.05) is 7.43 Å². The maximum atomic E-state index is 12.0. The number of halogens is 3. The van der Waals surface area contributed by atoms with Gasteiger partial charge in [-0.25, -0.2) is 4.79 Å². The molecular weight excluding hydrogens is 764 g/mol. The number of aliphatic hydroxyl groups is 1. The van der Waals surface area contributed by atoms with Gasteiger partial charge in [0.1, 0.15) is 0 Å². The Morgan fingerprint density at radius 3 is 1.19 bits per heavy atom. The van der Waals surface area contributed by atoms with Gasteiger partial charge in [-0.2, -0.15) is 0 Å². The molecule has 48 heavy (non-hydrogen) atoms. The molecule has 0 radical (unpaired) electrons. The minimum absolute atomic E-state index is 0. The number of esters is 4. The first-order chi connectivity index (χ1) is 21.3. The monoisotopic (exact) mass is 818 g/mol. The molecule has 0 bridgehead atoms. The van der Waals surface area contributed by atoms with E-state index >= 15 is 0 Å². The van der Waals surface area contributed by atoms with Gasteiger partial charge in [-0.05, 0) is 89.1 Å². The molecule has 15 nitrogen and oxygen atoms in total. The Hall–Kier alpha value is -0.720. The molecule has 1 N–H and O–H groups in total. The van der Waals surface area contributed by atoms with Crippen molar-refractivity contribution in [3.05, 3.63) is 0 Å². The zero-order valence-corrected chi connectivity index (χ0v) is 33.8. The number of aliphatic hydroxyl groups excluding tert-OH is 1. The van der Waals surface area contributed by atoms with Gasteiger partial charge in [-0.3, -0.25) is 32.6 Å². The van der Waals surface area contributed by atoms with Crippen molar-refractivity contribution in [1.82, 2.24) is 0 Å². The number of rotatable bonds is 17. The smallest absolute Gasteiger partial charge is 0.335 e. The van der Waals surface area contributed by atoms with E-state index in [2.05, 4.69) is 4.74 Å². The molecule has 0 aliphatic rings. The second-order valence-corrected chi connectivity index (χ2v) is 20.9. The van der Waals surface area contributed by atoms with Gasteiger partial charge < -0.3 is 33.1 Å². The van der Waals surface area contributed by atoms with Crippen LogP contribution in [0.15, 0.2) is 0 Å². The van der Waals surface area contributed by atoms with Crippen LogP contribution in [0.2, 0.25) is 0 Å². The third-order valence-electron chi connectivity index (χ3n) is 4.42. The van der Waals surface area contributed by atoms with Gasteiger partial charge in [0, 0.05) is 20.0 Å². The summed E-state index contributed by atoms with van der Waals surface area (Å²) in [6.07, 6.45) is -0.997. The van der Waals surface area contributed by atoms with E-state index in [4.69, 9.17) is 66.6 Å². The van der Waals surface area contributed by atoms with Gasteiger partial charge in [0.2, 0.25) is 5.85 Å². The van der Waals surface area contributed by atoms with Gasteiger partial charge in [0.15, 0.2) is 6.10 Å². The predicted molar refractivity (Wildman–Crippen MR) is 188 cm³/mol. The number of hydrogen-bond acceptors (Lipinski definition) is 15. The Bertz CT molecular complexity index is 1030. The van der Waals surface area contributed by atoms with Crippen LogP contribution in [-0.2, 0) is 65.4 Å². The molecular formula is C27H56Cl3O15P3. The molecule has 0 aromatic rings. The summed E-state index contributed by atoms with van der Waals surface area (Å²) < 4.78 is 66.4. The average Bonchev–Trinajstić information content (AvgIpc) is 2.93. The summed E-state index contributed by atoms with van der Waals surface area (Å²) in [5, 5.41) is 8.43. The molecule has 0 fully saturated rings. The summed E-state index contributed by atoms with van der Waals surface area (Å²) in [5.74, 6) is -5.84. The lowest BCUT2D eigenvalue weighted by Gasteiger charge is -2.19. The van der Waals surface area contributed by atoms with E-state index < -0.39 is 50.0 Å². The van der Waals surface area contributed by atoms with E-state index in [1.54, 1.807) is 48.5 Å². The van der Waals surface area contributed by atoms with Gasteiger partial charge >= 0.3 is 31.5 Å². The van der Waals surface area contributed by atoms with Crippen LogP contribution in [0.1, 0.15) is 62.8 Å². The van der Waals surface area contributed by atoms with Crippen LogP contribution < -0.4 is 0 Å². The zero-order valence-electron chi connectivity index (χ0n) is 28.9. The summed E-state index contributed by atoms with van der Waals surface area (Å²) in [6, 6.07) is 0. The highest BCUT2D eigenvalue weighted by Gasteiger charge is 2.28. The van der Waals surface area contributed by atoms with Gasteiger partial charge in [0.25, 0.3) is 6.72 Å². The molecule has 0 aliphatic carbocycles. The number of hydrogen-bond donors (Lipinski definition) is 1.